The highest BCUT2D eigenvalue weighted by Gasteiger charge is 2.32. The van der Waals surface area contributed by atoms with E-state index in [1.807, 2.05) is 25.6 Å². The summed E-state index contributed by atoms with van der Waals surface area (Å²) >= 11 is 3.57. The largest absolute Gasteiger partial charge is 0.390 e. The molecule has 0 bridgehead atoms. The molecule has 0 aliphatic heterocycles. The molecule has 0 spiro atoms. The van der Waals surface area contributed by atoms with Crippen LogP contribution in [0.3, 0.4) is 0 Å². The SMILES string of the molecule is CCc1nn(C)c(CC(O)C(C)(CC)OC)c1Br. The van der Waals surface area contributed by atoms with E-state index in [0.717, 1.165) is 28.7 Å². The summed E-state index contributed by atoms with van der Waals surface area (Å²) in [4.78, 5) is 0. The Bertz CT molecular complexity index is 400. The van der Waals surface area contributed by atoms with Crippen molar-refractivity contribution in [2.24, 2.45) is 7.05 Å². The van der Waals surface area contributed by atoms with Gasteiger partial charge >= 0.3 is 0 Å². The lowest BCUT2D eigenvalue weighted by Gasteiger charge is -2.32. The smallest absolute Gasteiger partial charge is 0.0909 e. The lowest BCUT2D eigenvalue weighted by Crippen LogP contribution is -2.42. The summed E-state index contributed by atoms with van der Waals surface area (Å²) in [6.07, 6.45) is 1.62. The lowest BCUT2D eigenvalue weighted by molar-refractivity contribution is -0.0920. The zero-order chi connectivity index (χ0) is 13.9. The molecular weight excluding hydrogens is 296 g/mol. The Hall–Kier alpha value is -0.390. The molecule has 18 heavy (non-hydrogen) atoms. The predicted molar refractivity (Wildman–Crippen MR) is 75.7 cm³/mol. The normalized spacial score (nSPS) is 16.6. The Balaban J connectivity index is 2.94. The van der Waals surface area contributed by atoms with Gasteiger partial charge in [-0.15, -0.1) is 0 Å². The summed E-state index contributed by atoms with van der Waals surface area (Å²) in [5.41, 5.74) is 1.52. The Morgan fingerprint density at radius 3 is 2.50 bits per heavy atom. The molecular formula is C13H23BrN2O2. The van der Waals surface area contributed by atoms with Crippen molar-refractivity contribution in [3.8, 4) is 0 Å². The minimum Gasteiger partial charge on any atom is -0.390 e. The highest BCUT2D eigenvalue weighted by Crippen LogP contribution is 2.27. The molecule has 2 unspecified atom stereocenters. The molecule has 0 amide bonds. The zero-order valence-corrected chi connectivity index (χ0v) is 13.4. The number of aryl methyl sites for hydroxylation is 2. The first-order valence-corrected chi connectivity index (χ1v) is 7.12. The Labute approximate surface area is 117 Å². The van der Waals surface area contributed by atoms with Gasteiger partial charge in [0.2, 0.25) is 0 Å². The number of nitrogens with zero attached hydrogens (tertiary/aromatic N) is 2. The van der Waals surface area contributed by atoms with Crippen LogP contribution < -0.4 is 0 Å². The van der Waals surface area contributed by atoms with Crippen LogP contribution in [0.4, 0.5) is 0 Å². The molecule has 0 aliphatic carbocycles. The van der Waals surface area contributed by atoms with Crippen LogP contribution in [-0.2, 0) is 24.6 Å². The van der Waals surface area contributed by atoms with Crippen molar-refractivity contribution in [2.45, 2.75) is 51.7 Å². The fraction of sp³-hybridized carbons (Fsp3) is 0.769. The summed E-state index contributed by atoms with van der Waals surface area (Å²) in [6, 6.07) is 0. The lowest BCUT2D eigenvalue weighted by atomic mass is 9.92. The Kier molecular flexibility index (Phi) is 5.37. The monoisotopic (exact) mass is 318 g/mol. The van der Waals surface area contributed by atoms with E-state index < -0.39 is 11.7 Å². The third-order valence-corrected chi connectivity index (χ3v) is 4.68. The third kappa shape index (κ3) is 2.95. The van der Waals surface area contributed by atoms with Crippen molar-refractivity contribution in [2.75, 3.05) is 7.11 Å². The van der Waals surface area contributed by atoms with Crippen LogP contribution in [-0.4, -0.2) is 33.7 Å². The van der Waals surface area contributed by atoms with Crippen LogP contribution >= 0.6 is 15.9 Å². The number of aliphatic hydroxyl groups excluding tert-OH is 1. The van der Waals surface area contributed by atoms with Crippen molar-refractivity contribution in [1.29, 1.82) is 0 Å². The van der Waals surface area contributed by atoms with Crippen molar-refractivity contribution in [3.63, 3.8) is 0 Å². The average molecular weight is 319 g/mol. The van der Waals surface area contributed by atoms with Crippen molar-refractivity contribution in [3.05, 3.63) is 15.9 Å². The maximum atomic E-state index is 10.4. The first-order valence-electron chi connectivity index (χ1n) is 6.33. The van der Waals surface area contributed by atoms with Crippen LogP contribution in [0.2, 0.25) is 0 Å². The fourth-order valence-electron chi connectivity index (χ4n) is 1.96. The minimum atomic E-state index is -0.552. The third-order valence-electron chi connectivity index (χ3n) is 3.76. The second-order valence-electron chi connectivity index (χ2n) is 4.77. The van der Waals surface area contributed by atoms with Gasteiger partial charge in [-0.1, -0.05) is 13.8 Å². The quantitative estimate of drug-likeness (QED) is 0.876. The van der Waals surface area contributed by atoms with Crippen molar-refractivity contribution < 1.29 is 9.84 Å². The Morgan fingerprint density at radius 1 is 1.50 bits per heavy atom. The van der Waals surface area contributed by atoms with Crippen LogP contribution in [0.5, 0.6) is 0 Å². The van der Waals surface area contributed by atoms with Crippen molar-refractivity contribution in [1.82, 2.24) is 9.78 Å². The summed E-state index contributed by atoms with van der Waals surface area (Å²) in [5.74, 6) is 0. The van der Waals surface area contributed by atoms with Gasteiger partial charge in [-0.3, -0.25) is 4.68 Å². The molecule has 0 radical (unpaired) electrons. The second kappa shape index (κ2) is 6.17. The highest BCUT2D eigenvalue weighted by atomic mass is 79.9. The molecule has 1 N–H and O–H groups in total. The number of hydrogen-bond donors (Lipinski definition) is 1. The van der Waals surface area contributed by atoms with E-state index in [9.17, 15) is 5.11 Å². The molecule has 1 rings (SSSR count). The molecule has 1 heterocycles. The summed E-state index contributed by atoms with van der Waals surface area (Å²) in [6.45, 7) is 6.02. The van der Waals surface area contributed by atoms with Crippen LogP contribution in [0, 0.1) is 0 Å². The maximum Gasteiger partial charge on any atom is 0.0909 e. The molecule has 0 aromatic carbocycles. The molecule has 0 aliphatic rings. The predicted octanol–water partition coefficient (Wildman–Crippen LogP) is 2.46. The van der Waals surface area contributed by atoms with Crippen LogP contribution in [0.15, 0.2) is 4.47 Å². The van der Waals surface area contributed by atoms with E-state index in [1.54, 1.807) is 7.11 Å². The fourth-order valence-corrected chi connectivity index (χ4v) is 2.73. The van der Waals surface area contributed by atoms with Crippen molar-refractivity contribution >= 4 is 15.9 Å². The second-order valence-corrected chi connectivity index (χ2v) is 5.57. The first kappa shape index (κ1) is 15.7. The van der Waals surface area contributed by atoms with Crippen LogP contribution in [0.1, 0.15) is 38.6 Å². The van der Waals surface area contributed by atoms with Gasteiger partial charge in [-0.25, -0.2) is 0 Å². The highest BCUT2D eigenvalue weighted by molar-refractivity contribution is 9.10. The molecule has 0 fully saturated rings. The first-order chi connectivity index (χ1) is 8.39. The van der Waals surface area contributed by atoms with E-state index in [-0.39, 0.29) is 0 Å². The number of aliphatic hydroxyl groups is 1. The summed E-state index contributed by atoms with van der Waals surface area (Å²) in [5, 5.41) is 14.8. The van der Waals surface area contributed by atoms with Gasteiger partial charge in [0.15, 0.2) is 0 Å². The summed E-state index contributed by atoms with van der Waals surface area (Å²) in [7, 11) is 3.55. The molecule has 0 saturated heterocycles. The molecule has 104 valence electrons. The van der Waals surface area contributed by atoms with E-state index in [4.69, 9.17) is 4.74 Å². The van der Waals surface area contributed by atoms with Gasteiger partial charge in [0.1, 0.15) is 0 Å². The number of rotatable bonds is 6. The molecule has 1 aromatic heterocycles. The molecule has 4 nitrogen and oxygen atoms in total. The van der Waals surface area contributed by atoms with E-state index >= 15 is 0 Å². The van der Waals surface area contributed by atoms with E-state index in [1.165, 1.54) is 0 Å². The number of aromatic nitrogens is 2. The molecule has 5 heteroatoms. The molecule has 0 saturated carbocycles. The van der Waals surface area contributed by atoms with E-state index in [2.05, 4.69) is 28.0 Å². The number of hydrogen-bond acceptors (Lipinski definition) is 3. The average Bonchev–Trinajstić information content (AvgIpc) is 2.64. The maximum absolute atomic E-state index is 10.4. The standard InChI is InChI=1S/C13H23BrN2O2/c1-6-9-12(14)10(16(4)15-9)8-11(17)13(3,7-2)18-5/h11,17H,6-8H2,1-5H3. The van der Waals surface area contributed by atoms with Gasteiger partial charge in [0, 0.05) is 20.6 Å². The van der Waals surface area contributed by atoms with Gasteiger partial charge in [0.25, 0.3) is 0 Å². The van der Waals surface area contributed by atoms with Gasteiger partial charge < -0.3 is 9.84 Å². The topological polar surface area (TPSA) is 47.3 Å². The van der Waals surface area contributed by atoms with Gasteiger partial charge in [-0.2, -0.15) is 5.10 Å². The number of ether oxygens (including phenoxy) is 1. The van der Waals surface area contributed by atoms with E-state index in [0.29, 0.717) is 6.42 Å². The number of methoxy groups -OCH3 is 1. The number of halogens is 1. The van der Waals surface area contributed by atoms with Gasteiger partial charge in [0.05, 0.1) is 27.6 Å². The summed E-state index contributed by atoms with van der Waals surface area (Å²) < 4.78 is 8.27. The van der Waals surface area contributed by atoms with Crippen LogP contribution in [0.25, 0.3) is 0 Å². The minimum absolute atomic E-state index is 0.518. The zero-order valence-electron chi connectivity index (χ0n) is 11.8. The molecule has 2 atom stereocenters. The van der Waals surface area contributed by atoms with Gasteiger partial charge in [-0.05, 0) is 35.7 Å². The molecule has 1 aromatic rings. The Morgan fingerprint density at radius 2 is 2.11 bits per heavy atom.